The lowest BCUT2D eigenvalue weighted by molar-refractivity contribution is 0.601. The minimum atomic E-state index is -3.05. The second-order valence-corrected chi connectivity index (χ2v) is 8.89. The minimum absolute atomic E-state index is 0.0686. The van der Waals surface area contributed by atoms with Crippen LogP contribution >= 0.6 is 0 Å². The molecule has 1 aromatic heterocycles. The van der Waals surface area contributed by atoms with Crippen molar-refractivity contribution in [2.75, 3.05) is 6.26 Å². The molecule has 1 aliphatic carbocycles. The van der Waals surface area contributed by atoms with Gasteiger partial charge in [0.05, 0.1) is 11.4 Å². The zero-order valence-corrected chi connectivity index (χ0v) is 15.3. The van der Waals surface area contributed by atoms with Crippen molar-refractivity contribution in [3.63, 3.8) is 0 Å². The van der Waals surface area contributed by atoms with E-state index >= 15 is 0 Å². The predicted molar refractivity (Wildman–Crippen MR) is 106 cm³/mol. The molecule has 0 unspecified atom stereocenters. The van der Waals surface area contributed by atoms with E-state index in [0.29, 0.717) is 0 Å². The highest BCUT2D eigenvalue weighted by Gasteiger charge is 2.13. The van der Waals surface area contributed by atoms with E-state index in [1.54, 1.807) is 0 Å². The molecular weight excluding hydrogens is 342 g/mol. The van der Waals surface area contributed by atoms with Gasteiger partial charge in [-0.3, -0.25) is 4.98 Å². The van der Waals surface area contributed by atoms with Gasteiger partial charge in [-0.1, -0.05) is 54.6 Å². The Morgan fingerprint density at radius 1 is 0.923 bits per heavy atom. The van der Waals surface area contributed by atoms with Crippen molar-refractivity contribution in [1.29, 1.82) is 0 Å². The van der Waals surface area contributed by atoms with Crippen LogP contribution in [-0.2, 0) is 22.0 Å². The SMILES string of the molecule is CS(=O)(=O)Cc1ccc2c(c1)Cc1cc(-c3ccccc3)cnc1C=C2. The number of benzene rings is 2. The van der Waals surface area contributed by atoms with Crippen molar-refractivity contribution in [3.05, 3.63) is 88.7 Å². The largest absolute Gasteiger partial charge is 0.256 e. The maximum atomic E-state index is 11.6. The van der Waals surface area contributed by atoms with Gasteiger partial charge in [0.15, 0.2) is 9.84 Å². The number of hydrogen-bond donors (Lipinski definition) is 0. The number of hydrogen-bond acceptors (Lipinski definition) is 3. The first-order valence-electron chi connectivity index (χ1n) is 8.50. The fourth-order valence-corrected chi connectivity index (χ4v) is 4.13. The summed E-state index contributed by atoms with van der Waals surface area (Å²) in [5, 5.41) is 0. The van der Waals surface area contributed by atoms with Crippen LogP contribution < -0.4 is 0 Å². The van der Waals surface area contributed by atoms with E-state index in [-0.39, 0.29) is 5.75 Å². The summed E-state index contributed by atoms with van der Waals surface area (Å²) in [6.07, 6.45) is 8.00. The number of pyridine rings is 1. The minimum Gasteiger partial charge on any atom is -0.256 e. The summed E-state index contributed by atoms with van der Waals surface area (Å²) in [5.41, 5.74) is 7.42. The summed E-state index contributed by atoms with van der Waals surface area (Å²) >= 11 is 0. The highest BCUT2D eigenvalue weighted by molar-refractivity contribution is 7.89. The van der Waals surface area contributed by atoms with Crippen molar-refractivity contribution in [2.45, 2.75) is 12.2 Å². The molecule has 1 aliphatic rings. The molecule has 0 fully saturated rings. The van der Waals surface area contributed by atoms with Gasteiger partial charge in [-0.05, 0) is 40.0 Å². The first-order valence-corrected chi connectivity index (χ1v) is 10.6. The smallest absolute Gasteiger partial charge is 0.151 e. The average molecular weight is 361 g/mol. The Labute approximate surface area is 154 Å². The molecular formula is C22H19NO2S. The standard InChI is InChI=1S/C22H19NO2S/c1-26(24,25)15-16-7-8-18-9-10-22-20(12-19(18)11-16)13-21(14-23-22)17-5-3-2-4-6-17/h2-11,13-14H,12,15H2,1H3. The second kappa shape index (κ2) is 6.54. The van der Waals surface area contributed by atoms with Gasteiger partial charge in [-0.15, -0.1) is 0 Å². The van der Waals surface area contributed by atoms with Crippen molar-refractivity contribution in [2.24, 2.45) is 0 Å². The molecule has 130 valence electrons. The maximum Gasteiger partial charge on any atom is 0.151 e. The van der Waals surface area contributed by atoms with Gasteiger partial charge >= 0.3 is 0 Å². The number of nitrogens with zero attached hydrogens (tertiary/aromatic N) is 1. The summed E-state index contributed by atoms with van der Waals surface area (Å²) in [6.45, 7) is 0. The molecule has 0 radical (unpaired) electrons. The van der Waals surface area contributed by atoms with E-state index in [1.807, 2.05) is 48.7 Å². The Morgan fingerprint density at radius 3 is 2.50 bits per heavy atom. The van der Waals surface area contributed by atoms with Crippen molar-refractivity contribution >= 4 is 22.0 Å². The molecule has 4 rings (SSSR count). The molecule has 0 saturated heterocycles. The molecule has 0 spiro atoms. The molecule has 0 aliphatic heterocycles. The molecule has 0 N–H and O–H groups in total. The van der Waals surface area contributed by atoms with Crippen LogP contribution in [0.3, 0.4) is 0 Å². The second-order valence-electron chi connectivity index (χ2n) is 6.75. The summed E-state index contributed by atoms with van der Waals surface area (Å²) in [7, 11) is -3.05. The summed E-state index contributed by atoms with van der Waals surface area (Å²) < 4.78 is 23.2. The fraction of sp³-hybridized carbons (Fsp3) is 0.136. The normalized spacial score (nSPS) is 13.0. The average Bonchev–Trinajstić information content (AvgIpc) is 2.79. The summed E-state index contributed by atoms with van der Waals surface area (Å²) in [4.78, 5) is 4.64. The Kier molecular flexibility index (Phi) is 4.21. The molecule has 3 aromatic rings. The Balaban J connectivity index is 1.74. The molecule has 0 amide bonds. The van der Waals surface area contributed by atoms with E-state index < -0.39 is 9.84 Å². The summed E-state index contributed by atoms with van der Waals surface area (Å²) in [5.74, 6) is 0.0686. The first kappa shape index (κ1) is 16.7. The highest BCUT2D eigenvalue weighted by atomic mass is 32.2. The van der Waals surface area contributed by atoms with E-state index in [4.69, 9.17) is 0 Å². The summed E-state index contributed by atoms with van der Waals surface area (Å²) in [6, 6.07) is 18.3. The van der Waals surface area contributed by atoms with Gasteiger partial charge in [0.25, 0.3) is 0 Å². The van der Waals surface area contributed by atoms with Crippen LogP contribution in [0.25, 0.3) is 23.3 Å². The molecule has 0 bridgehead atoms. The van der Waals surface area contributed by atoms with E-state index in [9.17, 15) is 8.42 Å². The van der Waals surface area contributed by atoms with Gasteiger partial charge in [0.2, 0.25) is 0 Å². The van der Waals surface area contributed by atoms with Crippen molar-refractivity contribution < 1.29 is 8.42 Å². The van der Waals surface area contributed by atoms with Gasteiger partial charge < -0.3 is 0 Å². The van der Waals surface area contributed by atoms with Crippen LogP contribution in [0, 0.1) is 0 Å². The van der Waals surface area contributed by atoms with Crippen LogP contribution in [0.5, 0.6) is 0 Å². The number of sulfone groups is 1. The third kappa shape index (κ3) is 3.60. The maximum absolute atomic E-state index is 11.6. The Hall–Kier alpha value is -2.72. The van der Waals surface area contributed by atoms with E-state index in [1.165, 1.54) is 6.26 Å². The van der Waals surface area contributed by atoms with Crippen LogP contribution in [-0.4, -0.2) is 19.7 Å². The molecule has 4 heteroatoms. The molecule has 26 heavy (non-hydrogen) atoms. The number of fused-ring (bicyclic) bond motifs is 2. The number of aromatic nitrogens is 1. The van der Waals surface area contributed by atoms with Gasteiger partial charge in [0.1, 0.15) is 0 Å². The topological polar surface area (TPSA) is 47.0 Å². The third-order valence-electron chi connectivity index (χ3n) is 4.55. The fourth-order valence-electron chi connectivity index (χ4n) is 3.34. The lowest BCUT2D eigenvalue weighted by Gasteiger charge is -2.10. The zero-order chi connectivity index (χ0) is 18.1. The Morgan fingerprint density at radius 2 is 1.73 bits per heavy atom. The van der Waals surface area contributed by atoms with Crippen LogP contribution in [0.2, 0.25) is 0 Å². The first-order chi connectivity index (χ1) is 12.5. The van der Waals surface area contributed by atoms with E-state index in [0.717, 1.165) is 45.5 Å². The van der Waals surface area contributed by atoms with Gasteiger partial charge in [-0.25, -0.2) is 8.42 Å². The van der Waals surface area contributed by atoms with Crippen molar-refractivity contribution in [1.82, 2.24) is 4.98 Å². The van der Waals surface area contributed by atoms with Gasteiger partial charge in [-0.2, -0.15) is 0 Å². The number of rotatable bonds is 3. The third-order valence-corrected chi connectivity index (χ3v) is 5.40. The van der Waals surface area contributed by atoms with Gasteiger partial charge in [0, 0.05) is 24.4 Å². The zero-order valence-electron chi connectivity index (χ0n) is 14.5. The molecule has 0 saturated carbocycles. The lowest BCUT2D eigenvalue weighted by atomic mass is 9.97. The van der Waals surface area contributed by atoms with Crippen molar-refractivity contribution in [3.8, 4) is 11.1 Å². The van der Waals surface area contributed by atoms with Crippen LogP contribution in [0.1, 0.15) is 27.9 Å². The molecule has 2 aromatic carbocycles. The monoisotopic (exact) mass is 361 g/mol. The Bertz CT molecular complexity index is 1100. The van der Waals surface area contributed by atoms with Crippen LogP contribution in [0.4, 0.5) is 0 Å². The highest BCUT2D eigenvalue weighted by Crippen LogP contribution is 2.28. The van der Waals surface area contributed by atoms with Crippen LogP contribution in [0.15, 0.2) is 60.8 Å². The molecule has 1 heterocycles. The molecule has 0 atom stereocenters. The molecule has 3 nitrogen and oxygen atoms in total. The predicted octanol–water partition coefficient (Wildman–Crippen LogP) is 4.37. The van der Waals surface area contributed by atoms with E-state index in [2.05, 4.69) is 29.3 Å². The lowest BCUT2D eigenvalue weighted by Crippen LogP contribution is -2.02. The quantitative estimate of drug-likeness (QED) is 0.544.